The van der Waals surface area contributed by atoms with Gasteiger partial charge in [-0.2, -0.15) is 0 Å². The zero-order valence-electron chi connectivity index (χ0n) is 11.7. The molecule has 4 heteroatoms. The number of hydrazine groups is 1. The van der Waals surface area contributed by atoms with Crippen LogP contribution in [0.3, 0.4) is 0 Å². The summed E-state index contributed by atoms with van der Waals surface area (Å²) in [6.45, 7) is 0. The van der Waals surface area contributed by atoms with E-state index in [-0.39, 0.29) is 0 Å². The number of benzene rings is 2. The highest BCUT2D eigenvalue weighted by atomic mass is 79.9. The first-order valence-electron chi connectivity index (χ1n) is 7.17. The number of thioether (sulfide) groups is 1. The van der Waals surface area contributed by atoms with Crippen molar-refractivity contribution in [2.75, 3.05) is 5.75 Å². The second kappa shape index (κ2) is 6.97. The van der Waals surface area contributed by atoms with Gasteiger partial charge in [-0.05, 0) is 48.1 Å². The molecule has 2 nitrogen and oxygen atoms in total. The lowest BCUT2D eigenvalue weighted by Gasteiger charge is -2.15. The summed E-state index contributed by atoms with van der Waals surface area (Å²) in [7, 11) is 0. The topological polar surface area (TPSA) is 38.0 Å². The van der Waals surface area contributed by atoms with E-state index in [2.05, 4.69) is 76.0 Å². The van der Waals surface area contributed by atoms with Gasteiger partial charge in [0, 0.05) is 21.2 Å². The average Bonchev–Trinajstić information content (AvgIpc) is 3.31. The van der Waals surface area contributed by atoms with Crippen LogP contribution >= 0.6 is 27.7 Å². The second-order valence-electron chi connectivity index (χ2n) is 5.45. The number of rotatable bonds is 6. The minimum Gasteiger partial charge on any atom is -0.271 e. The van der Waals surface area contributed by atoms with Crippen molar-refractivity contribution in [2.24, 2.45) is 11.8 Å². The van der Waals surface area contributed by atoms with Crippen LogP contribution in [0.5, 0.6) is 0 Å². The molecule has 2 aromatic carbocycles. The Balaban J connectivity index is 1.56. The van der Waals surface area contributed by atoms with Crippen molar-refractivity contribution in [2.45, 2.75) is 23.3 Å². The summed E-state index contributed by atoms with van der Waals surface area (Å²) < 4.78 is 1.12. The maximum Gasteiger partial charge on any atom is 0.0338 e. The molecular formula is C17H19BrN2S. The molecule has 3 N–H and O–H groups in total. The van der Waals surface area contributed by atoms with Gasteiger partial charge in [-0.1, -0.05) is 46.3 Å². The lowest BCUT2D eigenvalue weighted by Crippen LogP contribution is -2.39. The molecule has 2 aromatic rings. The van der Waals surface area contributed by atoms with Crippen LogP contribution in [0.25, 0.3) is 0 Å². The summed E-state index contributed by atoms with van der Waals surface area (Å²) in [6.07, 6.45) is 1.24. The summed E-state index contributed by atoms with van der Waals surface area (Å²) in [6, 6.07) is 19.6. The Morgan fingerprint density at radius 1 is 1.14 bits per heavy atom. The normalized spacial score (nSPS) is 22.0. The minimum atomic E-state index is 0.365. The van der Waals surface area contributed by atoms with Gasteiger partial charge < -0.3 is 0 Å². The van der Waals surface area contributed by atoms with E-state index >= 15 is 0 Å². The lowest BCUT2D eigenvalue weighted by molar-refractivity contribution is 0.511. The summed E-state index contributed by atoms with van der Waals surface area (Å²) in [5, 5.41) is 0. The third-order valence-corrected chi connectivity index (χ3v) is 5.70. The molecule has 3 atom stereocenters. The van der Waals surface area contributed by atoms with E-state index in [1.54, 1.807) is 0 Å². The maximum absolute atomic E-state index is 5.77. The van der Waals surface area contributed by atoms with Gasteiger partial charge in [0.25, 0.3) is 0 Å². The summed E-state index contributed by atoms with van der Waals surface area (Å²) >= 11 is 5.33. The molecule has 3 rings (SSSR count). The molecule has 0 bridgehead atoms. The standard InChI is InChI=1S/C17H19BrN2S/c18-13-6-8-14(9-7-13)21-11-17(20-19)16-10-15(16)12-4-2-1-3-5-12/h1-9,15-17,20H,10-11,19H2. The van der Waals surface area contributed by atoms with E-state index in [0.717, 1.165) is 10.2 Å². The molecule has 0 spiro atoms. The Bertz CT molecular complexity index is 573. The van der Waals surface area contributed by atoms with Gasteiger partial charge in [0.1, 0.15) is 0 Å². The van der Waals surface area contributed by atoms with Gasteiger partial charge in [0.05, 0.1) is 0 Å². The fourth-order valence-electron chi connectivity index (χ4n) is 2.75. The van der Waals surface area contributed by atoms with Crippen LogP contribution in [0.4, 0.5) is 0 Å². The van der Waals surface area contributed by atoms with Gasteiger partial charge in [-0.25, -0.2) is 0 Å². The highest BCUT2D eigenvalue weighted by molar-refractivity contribution is 9.10. The minimum absolute atomic E-state index is 0.365. The van der Waals surface area contributed by atoms with E-state index in [4.69, 9.17) is 5.84 Å². The van der Waals surface area contributed by atoms with Gasteiger partial charge in [-0.15, -0.1) is 11.8 Å². The summed E-state index contributed by atoms with van der Waals surface area (Å²) in [5.41, 5.74) is 4.46. The van der Waals surface area contributed by atoms with Crippen molar-refractivity contribution >= 4 is 27.7 Å². The number of halogens is 1. The Kier molecular flexibility index (Phi) is 5.01. The van der Waals surface area contributed by atoms with Crippen LogP contribution in [-0.2, 0) is 0 Å². The largest absolute Gasteiger partial charge is 0.271 e. The molecule has 0 aromatic heterocycles. The molecule has 21 heavy (non-hydrogen) atoms. The number of hydrogen-bond donors (Lipinski definition) is 2. The quantitative estimate of drug-likeness (QED) is 0.459. The van der Waals surface area contributed by atoms with E-state index in [1.807, 2.05) is 11.8 Å². The first kappa shape index (κ1) is 15.1. The van der Waals surface area contributed by atoms with Crippen LogP contribution in [-0.4, -0.2) is 11.8 Å². The SMILES string of the molecule is NNC(CSc1ccc(Br)cc1)C1CC1c1ccccc1. The monoisotopic (exact) mass is 362 g/mol. The molecule has 1 aliphatic rings. The highest BCUT2D eigenvalue weighted by Crippen LogP contribution is 2.50. The molecule has 1 fully saturated rings. The number of nitrogens with two attached hydrogens (primary N) is 1. The van der Waals surface area contributed by atoms with Crippen LogP contribution in [0.1, 0.15) is 17.9 Å². The van der Waals surface area contributed by atoms with Crippen molar-refractivity contribution < 1.29 is 0 Å². The van der Waals surface area contributed by atoms with Crippen LogP contribution < -0.4 is 11.3 Å². The zero-order chi connectivity index (χ0) is 14.7. The average molecular weight is 363 g/mol. The molecule has 110 valence electrons. The molecule has 1 saturated carbocycles. The predicted octanol–water partition coefficient (Wildman–Crippen LogP) is 4.18. The Labute approximate surface area is 138 Å². The molecule has 0 amide bonds. The summed E-state index contributed by atoms with van der Waals surface area (Å²) in [4.78, 5) is 1.29. The molecule has 0 heterocycles. The maximum atomic E-state index is 5.77. The van der Waals surface area contributed by atoms with Crippen molar-refractivity contribution in [3.8, 4) is 0 Å². The molecule has 0 saturated heterocycles. The van der Waals surface area contributed by atoms with E-state index in [9.17, 15) is 0 Å². The Hall–Kier alpha value is -0.810. The van der Waals surface area contributed by atoms with Gasteiger partial charge in [0.15, 0.2) is 0 Å². The van der Waals surface area contributed by atoms with Crippen molar-refractivity contribution in [3.05, 3.63) is 64.6 Å². The fraction of sp³-hybridized carbons (Fsp3) is 0.294. The van der Waals surface area contributed by atoms with Gasteiger partial charge in [0.2, 0.25) is 0 Å². The third-order valence-electron chi connectivity index (χ3n) is 4.04. The third kappa shape index (κ3) is 3.89. The number of nitrogens with one attached hydrogen (secondary N) is 1. The smallest absolute Gasteiger partial charge is 0.0338 e. The molecule has 0 radical (unpaired) electrons. The predicted molar refractivity (Wildman–Crippen MR) is 93.3 cm³/mol. The molecule has 3 unspecified atom stereocenters. The second-order valence-corrected chi connectivity index (χ2v) is 7.46. The first-order chi connectivity index (χ1) is 10.3. The van der Waals surface area contributed by atoms with Crippen molar-refractivity contribution in [1.29, 1.82) is 0 Å². The van der Waals surface area contributed by atoms with E-state index < -0.39 is 0 Å². The van der Waals surface area contributed by atoms with Crippen LogP contribution in [0.15, 0.2) is 64.0 Å². The van der Waals surface area contributed by atoms with Gasteiger partial charge >= 0.3 is 0 Å². The van der Waals surface area contributed by atoms with Crippen LogP contribution in [0, 0.1) is 5.92 Å². The number of hydrogen-bond acceptors (Lipinski definition) is 3. The van der Waals surface area contributed by atoms with Crippen molar-refractivity contribution in [3.63, 3.8) is 0 Å². The van der Waals surface area contributed by atoms with E-state index in [0.29, 0.717) is 17.9 Å². The summed E-state index contributed by atoms with van der Waals surface area (Å²) in [5.74, 6) is 8.10. The van der Waals surface area contributed by atoms with Crippen LogP contribution in [0.2, 0.25) is 0 Å². The highest BCUT2D eigenvalue weighted by Gasteiger charge is 2.43. The first-order valence-corrected chi connectivity index (χ1v) is 8.95. The zero-order valence-corrected chi connectivity index (χ0v) is 14.1. The molecule has 0 aliphatic heterocycles. The molecular weight excluding hydrogens is 344 g/mol. The van der Waals surface area contributed by atoms with Crippen molar-refractivity contribution in [1.82, 2.24) is 5.43 Å². The Morgan fingerprint density at radius 2 is 1.86 bits per heavy atom. The fourth-order valence-corrected chi connectivity index (χ4v) is 4.06. The lowest BCUT2D eigenvalue weighted by atomic mass is 10.1. The Morgan fingerprint density at radius 3 is 2.52 bits per heavy atom. The van der Waals surface area contributed by atoms with E-state index in [1.165, 1.54) is 16.9 Å². The van der Waals surface area contributed by atoms with Gasteiger partial charge in [-0.3, -0.25) is 11.3 Å². The molecule has 1 aliphatic carbocycles.